The van der Waals surface area contributed by atoms with Crippen molar-refractivity contribution in [1.82, 2.24) is 0 Å². The van der Waals surface area contributed by atoms with Crippen LogP contribution in [0.2, 0.25) is 0 Å². The van der Waals surface area contributed by atoms with E-state index in [0.29, 0.717) is 6.42 Å². The summed E-state index contributed by atoms with van der Waals surface area (Å²) >= 11 is 1.70. The van der Waals surface area contributed by atoms with E-state index in [4.69, 9.17) is 5.73 Å². The van der Waals surface area contributed by atoms with Crippen LogP contribution < -0.4 is 10.7 Å². The minimum Gasteiger partial charge on any atom is -0.399 e. The van der Waals surface area contributed by atoms with Crippen molar-refractivity contribution >= 4 is 41.8 Å². The Labute approximate surface area is 158 Å². The van der Waals surface area contributed by atoms with Crippen molar-refractivity contribution in [3.05, 3.63) is 59.2 Å². The Morgan fingerprint density at radius 3 is 2.65 bits per heavy atom. The van der Waals surface area contributed by atoms with Crippen molar-refractivity contribution in [3.63, 3.8) is 0 Å². The Hall–Kier alpha value is -2.53. The molecule has 1 aliphatic carbocycles. The van der Waals surface area contributed by atoms with Crippen LogP contribution in [0, 0.1) is 0 Å². The molecule has 0 saturated heterocycles. The number of hydrogen-bond donors (Lipinski definition) is 1. The summed E-state index contributed by atoms with van der Waals surface area (Å²) in [4.78, 5) is 12.1. The van der Waals surface area contributed by atoms with E-state index in [1.807, 2.05) is 29.3 Å². The van der Waals surface area contributed by atoms with Gasteiger partial charge in [0.2, 0.25) is 0 Å². The minimum absolute atomic E-state index is 0.507. The maximum absolute atomic E-state index is 10.9. The van der Waals surface area contributed by atoms with Gasteiger partial charge in [-0.1, -0.05) is 6.07 Å². The smallest absolute Gasteiger partial charge is 0.120 e. The average molecular weight is 366 g/mol. The zero-order valence-electron chi connectivity index (χ0n) is 14.9. The number of anilines is 2. The fraction of sp³-hybridized carbons (Fsp3) is 0.238. The first-order valence-corrected chi connectivity index (χ1v) is 9.85. The molecule has 3 rings (SSSR count). The van der Waals surface area contributed by atoms with E-state index in [9.17, 15) is 4.79 Å². The van der Waals surface area contributed by atoms with E-state index in [1.54, 1.807) is 11.8 Å². The van der Waals surface area contributed by atoms with Crippen molar-refractivity contribution in [2.75, 3.05) is 17.0 Å². The number of nitrogens with two attached hydrogens (primary N) is 1. The Morgan fingerprint density at radius 2 is 2.00 bits per heavy atom. The molecule has 0 saturated carbocycles. The predicted octanol–water partition coefficient (Wildman–Crippen LogP) is 4.75. The third kappa shape index (κ3) is 3.68. The quantitative estimate of drug-likeness (QED) is 0.253. The third-order valence-corrected chi connectivity index (χ3v) is 5.40. The lowest BCUT2D eigenvalue weighted by atomic mass is 9.86. The molecule has 2 aromatic carbocycles. The van der Waals surface area contributed by atoms with Gasteiger partial charge in [-0.25, -0.2) is 5.01 Å². The fourth-order valence-electron chi connectivity index (χ4n) is 3.37. The lowest BCUT2D eigenvalue weighted by Crippen LogP contribution is -2.20. The molecule has 4 nitrogen and oxygen atoms in total. The maximum Gasteiger partial charge on any atom is 0.120 e. The topological polar surface area (TPSA) is 58.7 Å². The van der Waals surface area contributed by atoms with Gasteiger partial charge in [-0.15, -0.1) is 11.8 Å². The largest absolute Gasteiger partial charge is 0.399 e. The predicted molar refractivity (Wildman–Crippen MR) is 112 cm³/mol. The molecular formula is C21H23N3OS. The Balaban J connectivity index is 2.12. The van der Waals surface area contributed by atoms with Crippen molar-refractivity contribution in [2.45, 2.75) is 30.6 Å². The van der Waals surface area contributed by atoms with Gasteiger partial charge in [0.1, 0.15) is 6.29 Å². The number of hydrogen-bond acceptors (Lipinski definition) is 5. The number of fused-ring (bicyclic) bond motifs is 1. The monoisotopic (exact) mass is 365 g/mol. The number of aryl methyl sites for hydroxylation is 1. The summed E-state index contributed by atoms with van der Waals surface area (Å²) in [5.41, 5.74) is 12.3. The van der Waals surface area contributed by atoms with E-state index < -0.39 is 0 Å². The Morgan fingerprint density at radius 1 is 1.23 bits per heavy atom. The highest BCUT2D eigenvalue weighted by Crippen LogP contribution is 2.39. The lowest BCUT2D eigenvalue weighted by molar-refractivity contribution is -0.107. The van der Waals surface area contributed by atoms with Gasteiger partial charge in [-0.3, -0.25) is 0 Å². The molecule has 2 N–H and O–H groups in total. The zero-order valence-corrected chi connectivity index (χ0v) is 15.8. The fourth-order valence-corrected chi connectivity index (χ4v) is 3.78. The van der Waals surface area contributed by atoms with Gasteiger partial charge < -0.3 is 10.5 Å². The molecule has 0 fully saturated rings. The number of allylic oxidation sites excluding steroid dienone is 1. The van der Waals surface area contributed by atoms with Crippen LogP contribution in [0.15, 0.2) is 58.0 Å². The highest BCUT2D eigenvalue weighted by atomic mass is 32.2. The molecule has 0 heterocycles. The van der Waals surface area contributed by atoms with E-state index >= 15 is 0 Å². The number of rotatable bonds is 7. The molecule has 2 aromatic rings. The molecule has 5 heteroatoms. The van der Waals surface area contributed by atoms with Crippen LogP contribution in [-0.4, -0.2) is 19.3 Å². The van der Waals surface area contributed by atoms with Crippen LogP contribution in [0.1, 0.15) is 30.4 Å². The van der Waals surface area contributed by atoms with Crippen molar-refractivity contribution < 1.29 is 4.79 Å². The van der Waals surface area contributed by atoms with Gasteiger partial charge in [0.15, 0.2) is 0 Å². The van der Waals surface area contributed by atoms with Gasteiger partial charge in [-0.05, 0) is 73.1 Å². The zero-order chi connectivity index (χ0) is 18.5. The summed E-state index contributed by atoms with van der Waals surface area (Å²) in [6.45, 7) is 3.80. The molecule has 0 unspecified atom stereocenters. The second-order valence-electron chi connectivity index (χ2n) is 6.23. The van der Waals surface area contributed by atoms with Crippen LogP contribution in [0.25, 0.3) is 5.70 Å². The molecular weight excluding hydrogens is 342 g/mol. The first-order valence-electron chi connectivity index (χ1n) is 8.63. The summed E-state index contributed by atoms with van der Waals surface area (Å²) < 4.78 is 0. The minimum atomic E-state index is 0.507. The number of hydrazone groups is 1. The number of aldehydes is 1. The molecule has 26 heavy (non-hydrogen) atoms. The number of nitrogens with zero attached hydrogens (tertiary/aromatic N) is 2. The van der Waals surface area contributed by atoms with Crippen molar-refractivity contribution in [2.24, 2.45) is 5.10 Å². The normalized spacial score (nSPS) is 13.3. The second kappa shape index (κ2) is 8.23. The number of carbonyl (C=O) groups is 1. The van der Waals surface area contributed by atoms with Crippen LogP contribution >= 0.6 is 11.8 Å². The standard InChI is InChI=1S/C21H23N3OS/c1-23-24(18-9-11-19(26-2)12-10-18)21-16(4-3-13-25)6-5-15-7-8-17(22)14-20(15)21/h7-14H,1,3-6,22H2,2H3. The Bertz CT molecular complexity index is 843. The van der Waals surface area contributed by atoms with Gasteiger partial charge in [-0.2, -0.15) is 5.10 Å². The molecule has 0 amide bonds. The van der Waals surface area contributed by atoms with Gasteiger partial charge in [0.25, 0.3) is 0 Å². The molecule has 0 bridgehead atoms. The summed E-state index contributed by atoms with van der Waals surface area (Å²) in [6.07, 6.45) is 6.12. The Kier molecular flexibility index (Phi) is 5.78. The first kappa shape index (κ1) is 18.3. The van der Waals surface area contributed by atoms with E-state index in [-0.39, 0.29) is 0 Å². The first-order chi connectivity index (χ1) is 12.7. The third-order valence-electron chi connectivity index (χ3n) is 4.65. The van der Waals surface area contributed by atoms with Crippen LogP contribution in [0.3, 0.4) is 0 Å². The van der Waals surface area contributed by atoms with E-state index in [2.05, 4.69) is 36.3 Å². The maximum atomic E-state index is 10.9. The van der Waals surface area contributed by atoms with E-state index in [0.717, 1.165) is 48.2 Å². The van der Waals surface area contributed by atoms with Gasteiger partial charge >= 0.3 is 0 Å². The summed E-state index contributed by atoms with van der Waals surface area (Å²) in [7, 11) is 0. The summed E-state index contributed by atoms with van der Waals surface area (Å²) in [6, 6.07) is 14.3. The summed E-state index contributed by atoms with van der Waals surface area (Å²) in [5.74, 6) is 0. The summed E-state index contributed by atoms with van der Waals surface area (Å²) in [5, 5.41) is 6.19. The van der Waals surface area contributed by atoms with E-state index in [1.165, 1.54) is 16.0 Å². The van der Waals surface area contributed by atoms with Gasteiger partial charge in [0.05, 0.1) is 11.4 Å². The molecule has 0 spiro atoms. The SMILES string of the molecule is C=NN(C1=C(CCC=O)CCc2ccc(N)cc21)c1ccc(SC)cc1. The highest BCUT2D eigenvalue weighted by Gasteiger charge is 2.24. The molecule has 134 valence electrons. The molecule has 0 atom stereocenters. The average Bonchev–Trinajstić information content (AvgIpc) is 2.68. The van der Waals surface area contributed by atoms with Gasteiger partial charge in [0, 0.05) is 29.3 Å². The second-order valence-corrected chi connectivity index (χ2v) is 7.10. The number of nitrogen functional groups attached to an aromatic ring is 1. The van der Waals surface area contributed by atoms with Crippen LogP contribution in [0.5, 0.6) is 0 Å². The molecule has 0 aromatic heterocycles. The lowest BCUT2D eigenvalue weighted by Gasteiger charge is -2.30. The molecule has 0 aliphatic heterocycles. The van der Waals surface area contributed by atoms with Crippen LogP contribution in [-0.2, 0) is 11.2 Å². The molecule has 1 aliphatic rings. The number of thioether (sulfide) groups is 1. The highest BCUT2D eigenvalue weighted by molar-refractivity contribution is 7.98. The number of benzene rings is 2. The van der Waals surface area contributed by atoms with Crippen molar-refractivity contribution in [1.29, 1.82) is 0 Å². The van der Waals surface area contributed by atoms with Crippen molar-refractivity contribution in [3.8, 4) is 0 Å². The van der Waals surface area contributed by atoms with Crippen LogP contribution in [0.4, 0.5) is 11.4 Å². The molecule has 0 radical (unpaired) electrons. The number of carbonyl (C=O) groups excluding carboxylic acids is 1.